The molecule has 2 aromatic carbocycles. The molecule has 0 atom stereocenters. The molecule has 0 fully saturated rings. The van der Waals surface area contributed by atoms with Crippen LogP contribution in [0.5, 0.6) is 11.5 Å². The molecule has 0 N–H and O–H groups in total. The summed E-state index contributed by atoms with van der Waals surface area (Å²) >= 11 is 0. The van der Waals surface area contributed by atoms with Crippen LogP contribution in [0, 0.1) is 16.0 Å². The predicted octanol–water partition coefficient (Wildman–Crippen LogP) is 4.80. The minimum Gasteiger partial charge on any atom is -0.493 e. The summed E-state index contributed by atoms with van der Waals surface area (Å²) in [4.78, 5) is 23.6. The van der Waals surface area contributed by atoms with E-state index in [0.717, 1.165) is 6.42 Å². The largest absolute Gasteiger partial charge is 0.493 e. The molecule has 0 spiro atoms. The molecule has 3 rings (SSSR count). The smallest absolute Gasteiger partial charge is 0.311 e. The molecule has 1 heterocycles. The summed E-state index contributed by atoms with van der Waals surface area (Å²) in [6, 6.07) is 9.40. The van der Waals surface area contributed by atoms with Crippen LogP contribution < -0.4 is 14.9 Å². The van der Waals surface area contributed by atoms with Gasteiger partial charge in [0.25, 0.3) is 0 Å². The predicted molar refractivity (Wildman–Crippen MR) is 106 cm³/mol. The standard InChI is InChI=1S/C21H21NO6/c1-13(2)8-9-27-15-5-6-16-20(11-15)28-12-17(21(16)23)14-4-7-19(26-3)18(10-14)22(24)25/h4-7,10-13H,8-9H2,1-3H3. The van der Waals surface area contributed by atoms with Crippen LogP contribution in [0.3, 0.4) is 0 Å². The van der Waals surface area contributed by atoms with E-state index in [0.29, 0.717) is 34.8 Å². The zero-order valence-corrected chi connectivity index (χ0v) is 15.9. The van der Waals surface area contributed by atoms with E-state index < -0.39 is 4.92 Å². The lowest BCUT2D eigenvalue weighted by atomic mass is 10.0. The second-order valence-corrected chi connectivity index (χ2v) is 6.81. The van der Waals surface area contributed by atoms with Gasteiger partial charge in [-0.15, -0.1) is 0 Å². The third kappa shape index (κ3) is 3.98. The van der Waals surface area contributed by atoms with Gasteiger partial charge in [-0.3, -0.25) is 14.9 Å². The third-order valence-electron chi connectivity index (χ3n) is 4.40. The quantitative estimate of drug-likeness (QED) is 0.430. The Bertz CT molecular complexity index is 1070. The normalized spacial score (nSPS) is 11.0. The number of nitrogens with zero attached hydrogens (tertiary/aromatic N) is 1. The first kappa shape index (κ1) is 19.4. The molecule has 0 bridgehead atoms. The van der Waals surface area contributed by atoms with E-state index >= 15 is 0 Å². The highest BCUT2D eigenvalue weighted by molar-refractivity contribution is 5.83. The second-order valence-electron chi connectivity index (χ2n) is 6.81. The van der Waals surface area contributed by atoms with Crippen molar-refractivity contribution >= 4 is 16.7 Å². The van der Waals surface area contributed by atoms with Crippen molar-refractivity contribution < 1.29 is 18.8 Å². The van der Waals surface area contributed by atoms with Gasteiger partial charge < -0.3 is 13.9 Å². The summed E-state index contributed by atoms with van der Waals surface area (Å²) in [6.45, 7) is 4.82. The molecule has 0 aliphatic rings. The highest BCUT2D eigenvalue weighted by atomic mass is 16.6. The molecular formula is C21H21NO6. The Morgan fingerprint density at radius 2 is 1.96 bits per heavy atom. The highest BCUT2D eigenvalue weighted by Gasteiger charge is 2.18. The molecule has 0 amide bonds. The molecule has 146 valence electrons. The van der Waals surface area contributed by atoms with Crippen LogP contribution in [0.25, 0.3) is 22.1 Å². The molecule has 0 aliphatic heterocycles. The van der Waals surface area contributed by atoms with Gasteiger partial charge in [-0.05, 0) is 42.2 Å². The van der Waals surface area contributed by atoms with Crippen LogP contribution in [0.15, 0.2) is 51.9 Å². The van der Waals surface area contributed by atoms with Gasteiger partial charge in [-0.1, -0.05) is 13.8 Å². The van der Waals surface area contributed by atoms with E-state index in [1.165, 1.54) is 25.5 Å². The summed E-state index contributed by atoms with van der Waals surface area (Å²) in [5.74, 6) is 1.29. The summed E-state index contributed by atoms with van der Waals surface area (Å²) < 4.78 is 16.3. The van der Waals surface area contributed by atoms with Gasteiger partial charge in [0.05, 0.1) is 29.6 Å². The Hall–Kier alpha value is -3.35. The van der Waals surface area contributed by atoms with Crippen LogP contribution in [0.4, 0.5) is 5.69 Å². The molecule has 1 aromatic heterocycles. The molecule has 0 saturated heterocycles. The van der Waals surface area contributed by atoms with E-state index in [1.54, 1.807) is 24.3 Å². The van der Waals surface area contributed by atoms with Gasteiger partial charge >= 0.3 is 5.69 Å². The highest BCUT2D eigenvalue weighted by Crippen LogP contribution is 2.32. The van der Waals surface area contributed by atoms with Gasteiger partial charge in [0.2, 0.25) is 0 Å². The zero-order valence-electron chi connectivity index (χ0n) is 15.9. The fourth-order valence-corrected chi connectivity index (χ4v) is 2.81. The van der Waals surface area contributed by atoms with Crippen LogP contribution in [-0.2, 0) is 0 Å². The van der Waals surface area contributed by atoms with E-state index in [9.17, 15) is 14.9 Å². The first-order valence-corrected chi connectivity index (χ1v) is 8.92. The Labute approximate surface area is 161 Å². The summed E-state index contributed by atoms with van der Waals surface area (Å²) in [5.41, 5.74) is 0.550. The van der Waals surface area contributed by atoms with Crippen LogP contribution >= 0.6 is 0 Å². The number of benzene rings is 2. The van der Waals surface area contributed by atoms with Gasteiger partial charge in [0.1, 0.15) is 17.6 Å². The topological polar surface area (TPSA) is 91.8 Å². The molecule has 28 heavy (non-hydrogen) atoms. The number of methoxy groups -OCH3 is 1. The lowest BCUT2D eigenvalue weighted by Crippen LogP contribution is -2.06. The Kier molecular flexibility index (Phi) is 5.63. The second kappa shape index (κ2) is 8.12. The Morgan fingerprint density at radius 3 is 2.64 bits per heavy atom. The number of nitro benzene ring substituents is 1. The molecule has 3 aromatic rings. The van der Waals surface area contributed by atoms with Crippen molar-refractivity contribution in [1.29, 1.82) is 0 Å². The van der Waals surface area contributed by atoms with Crippen LogP contribution in [0.2, 0.25) is 0 Å². The van der Waals surface area contributed by atoms with E-state index in [1.807, 2.05) is 0 Å². The van der Waals surface area contributed by atoms with Crippen molar-refractivity contribution in [1.82, 2.24) is 0 Å². The Morgan fingerprint density at radius 1 is 1.18 bits per heavy atom. The van der Waals surface area contributed by atoms with Gasteiger partial charge in [-0.25, -0.2) is 0 Å². The van der Waals surface area contributed by atoms with Crippen molar-refractivity contribution in [3.05, 3.63) is 63.0 Å². The van der Waals surface area contributed by atoms with Crippen molar-refractivity contribution in [3.8, 4) is 22.6 Å². The van der Waals surface area contributed by atoms with E-state index in [2.05, 4.69) is 13.8 Å². The molecule has 7 heteroatoms. The maximum absolute atomic E-state index is 12.9. The maximum Gasteiger partial charge on any atom is 0.311 e. The van der Waals surface area contributed by atoms with Gasteiger partial charge in [-0.2, -0.15) is 0 Å². The molecule has 0 aliphatic carbocycles. The number of fused-ring (bicyclic) bond motifs is 1. The monoisotopic (exact) mass is 383 g/mol. The molecule has 0 saturated carbocycles. The summed E-state index contributed by atoms with van der Waals surface area (Å²) in [6.07, 6.45) is 2.24. The van der Waals surface area contributed by atoms with Crippen molar-refractivity contribution in [2.24, 2.45) is 5.92 Å². The molecule has 0 unspecified atom stereocenters. The summed E-state index contributed by atoms with van der Waals surface area (Å²) in [5, 5.41) is 11.6. The molecule has 0 radical (unpaired) electrons. The van der Waals surface area contributed by atoms with Gasteiger partial charge in [0, 0.05) is 12.1 Å². The molecule has 7 nitrogen and oxygen atoms in total. The van der Waals surface area contributed by atoms with Gasteiger partial charge in [0.15, 0.2) is 11.2 Å². The van der Waals surface area contributed by atoms with E-state index in [4.69, 9.17) is 13.9 Å². The van der Waals surface area contributed by atoms with Crippen molar-refractivity contribution in [2.45, 2.75) is 20.3 Å². The Balaban J connectivity index is 1.98. The number of rotatable bonds is 7. The maximum atomic E-state index is 12.9. The molecular weight excluding hydrogens is 362 g/mol. The fourth-order valence-electron chi connectivity index (χ4n) is 2.81. The minimum absolute atomic E-state index is 0.127. The van der Waals surface area contributed by atoms with Crippen LogP contribution in [-0.4, -0.2) is 18.6 Å². The SMILES string of the molecule is COc1ccc(-c2coc3cc(OCCC(C)C)ccc3c2=O)cc1[N+](=O)[O-]. The van der Waals surface area contributed by atoms with Crippen molar-refractivity contribution in [3.63, 3.8) is 0 Å². The van der Waals surface area contributed by atoms with Crippen LogP contribution in [0.1, 0.15) is 20.3 Å². The first-order chi connectivity index (χ1) is 13.4. The van der Waals surface area contributed by atoms with Crippen molar-refractivity contribution in [2.75, 3.05) is 13.7 Å². The number of nitro groups is 1. The van der Waals surface area contributed by atoms with E-state index in [-0.39, 0.29) is 22.4 Å². The number of ether oxygens (including phenoxy) is 2. The average molecular weight is 383 g/mol. The third-order valence-corrected chi connectivity index (χ3v) is 4.40. The zero-order chi connectivity index (χ0) is 20.3. The average Bonchev–Trinajstić information content (AvgIpc) is 2.67. The lowest BCUT2D eigenvalue weighted by molar-refractivity contribution is -0.385. The fraction of sp³-hybridized carbons (Fsp3) is 0.286. The number of hydrogen-bond acceptors (Lipinski definition) is 6. The minimum atomic E-state index is -0.550. The first-order valence-electron chi connectivity index (χ1n) is 8.92. The lowest BCUT2D eigenvalue weighted by Gasteiger charge is -2.09. The number of hydrogen-bond donors (Lipinski definition) is 0. The summed E-state index contributed by atoms with van der Waals surface area (Å²) in [7, 11) is 1.35.